The van der Waals surface area contributed by atoms with Crippen LogP contribution in [0.3, 0.4) is 0 Å². The van der Waals surface area contributed by atoms with Gasteiger partial charge in [-0.15, -0.1) is 0 Å². The second-order valence-electron chi connectivity index (χ2n) is 6.34. The zero-order chi connectivity index (χ0) is 18.5. The van der Waals surface area contributed by atoms with Gasteiger partial charge < -0.3 is 20.9 Å². The number of anilines is 3. The van der Waals surface area contributed by atoms with Crippen molar-refractivity contribution >= 4 is 34.9 Å². The fourth-order valence-electron chi connectivity index (χ4n) is 3.05. The standard InChI is InChI=1S/C17H21ClN6.C2H6/c18-15-7-12(9-19)16(8-17(15)23-5-3-20-4-6-23)22-13-10-21-24(11-13)14-1-2-14;1-2/h7-11,14,19-20,22H,1-6H2;1-2H3. The van der Waals surface area contributed by atoms with Crippen molar-refractivity contribution in [2.45, 2.75) is 32.7 Å². The molecule has 1 aliphatic carbocycles. The fourth-order valence-corrected chi connectivity index (χ4v) is 3.34. The highest BCUT2D eigenvalue weighted by molar-refractivity contribution is 6.33. The third kappa shape index (κ3) is 4.19. The lowest BCUT2D eigenvalue weighted by molar-refractivity contribution is 0.589. The van der Waals surface area contributed by atoms with E-state index in [1.54, 1.807) is 0 Å². The predicted molar refractivity (Wildman–Crippen MR) is 110 cm³/mol. The molecule has 1 aromatic heterocycles. The molecule has 7 heteroatoms. The highest BCUT2D eigenvalue weighted by Gasteiger charge is 2.24. The maximum atomic E-state index is 7.68. The number of hydrogen-bond donors (Lipinski definition) is 3. The lowest BCUT2D eigenvalue weighted by Gasteiger charge is -2.30. The number of benzene rings is 1. The maximum Gasteiger partial charge on any atom is 0.0770 e. The Hall–Kier alpha value is -2.05. The smallest absolute Gasteiger partial charge is 0.0770 e. The van der Waals surface area contributed by atoms with Crippen LogP contribution in [0.15, 0.2) is 24.5 Å². The minimum atomic E-state index is 0.560. The second-order valence-corrected chi connectivity index (χ2v) is 6.74. The van der Waals surface area contributed by atoms with E-state index in [2.05, 4.69) is 20.6 Å². The van der Waals surface area contributed by atoms with Gasteiger partial charge in [0.05, 0.1) is 28.6 Å². The van der Waals surface area contributed by atoms with Crippen LogP contribution in [0.4, 0.5) is 17.1 Å². The Morgan fingerprint density at radius 3 is 2.65 bits per heavy atom. The highest BCUT2D eigenvalue weighted by Crippen LogP contribution is 2.36. The molecular formula is C19H27ClN6. The lowest BCUT2D eigenvalue weighted by Crippen LogP contribution is -2.43. The molecule has 1 aromatic carbocycles. The van der Waals surface area contributed by atoms with Crippen molar-refractivity contribution in [2.24, 2.45) is 0 Å². The largest absolute Gasteiger partial charge is 0.368 e. The van der Waals surface area contributed by atoms with E-state index in [1.807, 2.05) is 43.1 Å². The van der Waals surface area contributed by atoms with Crippen LogP contribution in [0.25, 0.3) is 0 Å². The predicted octanol–water partition coefficient (Wildman–Crippen LogP) is 4.05. The van der Waals surface area contributed by atoms with Gasteiger partial charge in [-0.1, -0.05) is 25.4 Å². The normalized spacial score (nSPS) is 16.7. The zero-order valence-corrected chi connectivity index (χ0v) is 16.2. The average molecular weight is 375 g/mol. The molecule has 6 nitrogen and oxygen atoms in total. The van der Waals surface area contributed by atoms with E-state index in [0.29, 0.717) is 11.1 Å². The SMILES string of the molecule is CC.N=Cc1cc(Cl)c(N2CCNCC2)cc1Nc1cnn(C2CC2)c1. The molecule has 2 aliphatic rings. The van der Waals surface area contributed by atoms with Crippen LogP contribution in [0.1, 0.15) is 38.3 Å². The monoisotopic (exact) mass is 374 g/mol. The summed E-state index contributed by atoms with van der Waals surface area (Å²) < 4.78 is 2.01. The van der Waals surface area contributed by atoms with E-state index >= 15 is 0 Å². The van der Waals surface area contributed by atoms with Gasteiger partial charge in [0, 0.05) is 49.8 Å². The molecular weight excluding hydrogens is 348 g/mol. The Labute approximate surface area is 160 Å². The lowest BCUT2D eigenvalue weighted by atomic mass is 10.1. The quantitative estimate of drug-likeness (QED) is 0.690. The fraction of sp³-hybridized carbons (Fsp3) is 0.474. The Balaban J connectivity index is 0.000000948. The summed E-state index contributed by atoms with van der Waals surface area (Å²) in [5, 5.41) is 19.5. The summed E-state index contributed by atoms with van der Waals surface area (Å²) in [6.07, 6.45) is 7.62. The molecule has 2 fully saturated rings. The van der Waals surface area contributed by atoms with E-state index < -0.39 is 0 Å². The molecule has 140 valence electrons. The summed E-state index contributed by atoms with van der Waals surface area (Å²) in [5.74, 6) is 0. The molecule has 0 unspecified atom stereocenters. The highest BCUT2D eigenvalue weighted by atomic mass is 35.5. The molecule has 3 N–H and O–H groups in total. The molecule has 0 amide bonds. The van der Waals surface area contributed by atoms with E-state index in [4.69, 9.17) is 17.0 Å². The topological polar surface area (TPSA) is 69.0 Å². The molecule has 2 aromatic rings. The molecule has 1 aliphatic heterocycles. The van der Waals surface area contributed by atoms with Crippen molar-refractivity contribution in [3.05, 3.63) is 35.1 Å². The first-order valence-electron chi connectivity index (χ1n) is 9.35. The van der Waals surface area contributed by atoms with Crippen LogP contribution in [0, 0.1) is 5.41 Å². The molecule has 0 atom stereocenters. The summed E-state index contributed by atoms with van der Waals surface area (Å²) in [6, 6.07) is 4.46. The van der Waals surface area contributed by atoms with Crippen molar-refractivity contribution in [2.75, 3.05) is 36.4 Å². The minimum Gasteiger partial charge on any atom is -0.368 e. The van der Waals surface area contributed by atoms with Crippen LogP contribution >= 0.6 is 11.6 Å². The Kier molecular flexibility index (Phi) is 6.16. The number of nitrogens with one attached hydrogen (secondary N) is 3. The molecule has 2 heterocycles. The summed E-state index contributed by atoms with van der Waals surface area (Å²) in [4.78, 5) is 2.28. The van der Waals surface area contributed by atoms with Crippen LogP contribution in [-0.2, 0) is 0 Å². The number of nitrogens with zero attached hydrogens (tertiary/aromatic N) is 3. The summed E-state index contributed by atoms with van der Waals surface area (Å²) in [7, 11) is 0. The minimum absolute atomic E-state index is 0.560. The molecule has 4 rings (SSSR count). The van der Waals surface area contributed by atoms with Crippen LogP contribution in [0.2, 0.25) is 5.02 Å². The van der Waals surface area contributed by atoms with E-state index in [-0.39, 0.29) is 0 Å². The Morgan fingerprint density at radius 2 is 2.00 bits per heavy atom. The van der Waals surface area contributed by atoms with E-state index in [1.165, 1.54) is 19.1 Å². The van der Waals surface area contributed by atoms with Gasteiger partial charge in [0.2, 0.25) is 0 Å². The summed E-state index contributed by atoms with van der Waals surface area (Å²) in [5.41, 5.74) is 3.62. The number of piperazine rings is 1. The van der Waals surface area contributed by atoms with E-state index in [0.717, 1.165) is 48.8 Å². The Bertz CT molecular complexity index is 746. The molecule has 1 saturated heterocycles. The van der Waals surface area contributed by atoms with Gasteiger partial charge >= 0.3 is 0 Å². The van der Waals surface area contributed by atoms with Crippen molar-refractivity contribution < 1.29 is 0 Å². The Morgan fingerprint density at radius 1 is 1.27 bits per heavy atom. The molecule has 0 bridgehead atoms. The summed E-state index contributed by atoms with van der Waals surface area (Å²) >= 11 is 6.46. The van der Waals surface area contributed by atoms with Crippen LogP contribution < -0.4 is 15.5 Å². The third-order valence-corrected chi connectivity index (χ3v) is 4.84. The van der Waals surface area contributed by atoms with Gasteiger partial charge in [-0.2, -0.15) is 5.10 Å². The number of halogens is 1. The molecule has 26 heavy (non-hydrogen) atoms. The molecule has 1 saturated carbocycles. The van der Waals surface area contributed by atoms with Gasteiger partial charge in [-0.05, 0) is 25.0 Å². The van der Waals surface area contributed by atoms with Crippen molar-refractivity contribution in [3.63, 3.8) is 0 Å². The van der Waals surface area contributed by atoms with Crippen LogP contribution in [-0.4, -0.2) is 42.2 Å². The number of rotatable bonds is 5. The first-order valence-corrected chi connectivity index (χ1v) is 9.73. The van der Waals surface area contributed by atoms with Crippen molar-refractivity contribution in [1.29, 1.82) is 5.41 Å². The van der Waals surface area contributed by atoms with Gasteiger partial charge in [0.1, 0.15) is 0 Å². The zero-order valence-electron chi connectivity index (χ0n) is 15.4. The van der Waals surface area contributed by atoms with Gasteiger partial charge in [0.25, 0.3) is 0 Å². The average Bonchev–Trinajstić information content (AvgIpc) is 3.44. The third-order valence-electron chi connectivity index (χ3n) is 4.53. The van der Waals surface area contributed by atoms with Crippen molar-refractivity contribution in [1.82, 2.24) is 15.1 Å². The van der Waals surface area contributed by atoms with Crippen molar-refractivity contribution in [3.8, 4) is 0 Å². The number of aromatic nitrogens is 2. The van der Waals surface area contributed by atoms with Gasteiger partial charge in [0.15, 0.2) is 0 Å². The second kappa shape index (κ2) is 8.56. The number of hydrogen-bond acceptors (Lipinski definition) is 5. The molecule has 0 radical (unpaired) electrons. The van der Waals surface area contributed by atoms with Crippen LogP contribution in [0.5, 0.6) is 0 Å². The summed E-state index contributed by atoms with van der Waals surface area (Å²) in [6.45, 7) is 7.78. The first-order chi connectivity index (χ1) is 12.7. The first kappa shape index (κ1) is 18.7. The van der Waals surface area contributed by atoms with E-state index in [9.17, 15) is 0 Å². The maximum absolute atomic E-state index is 7.68. The van der Waals surface area contributed by atoms with Gasteiger partial charge in [-0.3, -0.25) is 4.68 Å². The van der Waals surface area contributed by atoms with Gasteiger partial charge in [-0.25, -0.2) is 0 Å². The molecule has 0 spiro atoms.